The molecule has 2 N–H and O–H groups in total. The number of carboxylic acid groups (broad SMARTS) is 2. The number of halogens is 1. The van der Waals surface area contributed by atoms with E-state index in [9.17, 15) is 14.1 Å². The summed E-state index contributed by atoms with van der Waals surface area (Å²) >= 11 is 4.25. The zero-order valence-corrected chi connectivity index (χ0v) is 13.4. The standard InChI is InChI=1S/C11H13ClN4O5S/c1-11(2,3)22(21)14-5-7-6(12)4-13-8(15-7)16(9(17)18)10(19)20/h4-5H,1-3H3,(H,17,18)(H,19,20). The van der Waals surface area contributed by atoms with Gasteiger partial charge in [-0.1, -0.05) is 16.0 Å². The SMILES string of the molecule is CC(C)(C)[S+]([O-])N=Cc1nc(N(C(=O)O)C(=O)O)ncc1Cl. The van der Waals surface area contributed by atoms with Crippen LogP contribution in [0.25, 0.3) is 0 Å². The van der Waals surface area contributed by atoms with Crippen LogP contribution < -0.4 is 4.90 Å². The van der Waals surface area contributed by atoms with Gasteiger partial charge in [0.15, 0.2) is 0 Å². The Hall–Kier alpha value is -1.91. The van der Waals surface area contributed by atoms with Crippen molar-refractivity contribution in [3.05, 3.63) is 16.9 Å². The smallest absolute Gasteiger partial charge is 0.424 e. The lowest BCUT2D eigenvalue weighted by molar-refractivity contribution is 0.183. The van der Waals surface area contributed by atoms with Crippen molar-refractivity contribution in [2.45, 2.75) is 25.5 Å². The van der Waals surface area contributed by atoms with Crippen LogP contribution in [0.15, 0.2) is 10.6 Å². The van der Waals surface area contributed by atoms with Crippen molar-refractivity contribution < 1.29 is 24.4 Å². The predicted molar refractivity (Wildman–Crippen MR) is 81.1 cm³/mol. The maximum absolute atomic E-state index is 11.8. The molecule has 2 amide bonds. The summed E-state index contributed by atoms with van der Waals surface area (Å²) in [6, 6.07) is 0. The van der Waals surface area contributed by atoms with Gasteiger partial charge in [0.05, 0.1) is 11.2 Å². The lowest BCUT2D eigenvalue weighted by atomic mass is 10.3. The first-order valence-corrected chi connectivity index (χ1v) is 7.27. The molecule has 22 heavy (non-hydrogen) atoms. The van der Waals surface area contributed by atoms with E-state index in [1.54, 1.807) is 20.8 Å². The highest BCUT2D eigenvalue weighted by atomic mass is 35.5. The zero-order chi connectivity index (χ0) is 17.1. The second kappa shape index (κ2) is 6.90. The topological polar surface area (TPSA) is 139 Å². The van der Waals surface area contributed by atoms with Crippen LogP contribution in [0.2, 0.25) is 5.02 Å². The van der Waals surface area contributed by atoms with Gasteiger partial charge in [-0.3, -0.25) is 0 Å². The maximum atomic E-state index is 11.8. The fourth-order valence-corrected chi connectivity index (χ4v) is 1.73. The van der Waals surface area contributed by atoms with Gasteiger partial charge in [-0.2, -0.15) is 0 Å². The summed E-state index contributed by atoms with van der Waals surface area (Å²) in [6.07, 6.45) is -1.42. The lowest BCUT2D eigenvalue weighted by Gasteiger charge is -2.17. The summed E-state index contributed by atoms with van der Waals surface area (Å²) < 4.78 is 15.0. The molecule has 0 aromatic carbocycles. The number of nitrogens with zero attached hydrogens (tertiary/aromatic N) is 4. The van der Waals surface area contributed by atoms with Gasteiger partial charge in [-0.25, -0.2) is 19.6 Å². The molecule has 1 aromatic rings. The molecule has 0 radical (unpaired) electrons. The van der Waals surface area contributed by atoms with E-state index in [0.717, 1.165) is 12.4 Å². The van der Waals surface area contributed by atoms with E-state index in [1.807, 2.05) is 0 Å². The number of hydrogen-bond donors (Lipinski definition) is 2. The third kappa shape index (κ3) is 4.55. The van der Waals surface area contributed by atoms with Gasteiger partial charge in [0, 0.05) is 0 Å². The number of aromatic nitrogens is 2. The molecule has 0 aliphatic heterocycles. The summed E-state index contributed by atoms with van der Waals surface area (Å²) in [5.74, 6) is -0.604. The fraction of sp³-hybridized carbons (Fsp3) is 0.364. The molecular formula is C11H13ClN4O5S. The molecule has 0 saturated carbocycles. The number of rotatable bonds is 3. The van der Waals surface area contributed by atoms with Crippen LogP contribution in [0, 0.1) is 0 Å². The first-order chi connectivity index (χ1) is 10.0. The molecule has 0 fully saturated rings. The van der Waals surface area contributed by atoms with Crippen molar-refractivity contribution in [1.29, 1.82) is 0 Å². The van der Waals surface area contributed by atoms with Gasteiger partial charge in [0.2, 0.25) is 5.95 Å². The monoisotopic (exact) mass is 348 g/mol. The Bertz CT molecular complexity index is 605. The molecule has 0 bridgehead atoms. The number of hydrogen-bond acceptors (Lipinski definition) is 6. The van der Waals surface area contributed by atoms with Gasteiger partial charge in [0.25, 0.3) is 0 Å². The number of imide groups is 1. The van der Waals surface area contributed by atoms with Gasteiger partial charge in [-0.15, -0.1) is 4.90 Å². The van der Waals surface area contributed by atoms with Crippen molar-refractivity contribution in [2.75, 3.05) is 4.90 Å². The molecule has 0 aliphatic carbocycles. The fourth-order valence-electron chi connectivity index (χ4n) is 1.08. The Balaban J connectivity index is 3.18. The quantitative estimate of drug-likeness (QED) is 0.630. The summed E-state index contributed by atoms with van der Waals surface area (Å²) in [5.41, 5.74) is -0.0447. The first-order valence-electron chi connectivity index (χ1n) is 5.78. The van der Waals surface area contributed by atoms with Crippen LogP contribution in [0.3, 0.4) is 0 Å². The average molecular weight is 349 g/mol. The van der Waals surface area contributed by atoms with E-state index in [-0.39, 0.29) is 15.6 Å². The van der Waals surface area contributed by atoms with Crippen molar-refractivity contribution in [1.82, 2.24) is 9.97 Å². The molecular weight excluding hydrogens is 336 g/mol. The highest BCUT2D eigenvalue weighted by Gasteiger charge is 2.27. The molecule has 1 aromatic heterocycles. The van der Waals surface area contributed by atoms with Crippen LogP contribution in [-0.2, 0) is 11.4 Å². The summed E-state index contributed by atoms with van der Waals surface area (Å²) in [5, 5.41) is 17.7. The van der Waals surface area contributed by atoms with Crippen LogP contribution in [-0.4, -0.2) is 47.9 Å². The summed E-state index contributed by atoms with van der Waals surface area (Å²) in [4.78, 5) is 28.9. The second-order valence-electron chi connectivity index (χ2n) is 4.90. The van der Waals surface area contributed by atoms with E-state index in [4.69, 9.17) is 21.8 Å². The zero-order valence-electron chi connectivity index (χ0n) is 11.8. The highest BCUT2D eigenvalue weighted by Crippen LogP contribution is 2.19. The average Bonchev–Trinajstić information content (AvgIpc) is 2.36. The van der Waals surface area contributed by atoms with E-state index >= 15 is 0 Å². The molecule has 9 nitrogen and oxygen atoms in total. The minimum Gasteiger partial charge on any atom is -0.591 e. The van der Waals surface area contributed by atoms with Crippen molar-refractivity contribution in [3.63, 3.8) is 0 Å². The Labute approximate surface area is 134 Å². The Morgan fingerprint density at radius 3 is 2.41 bits per heavy atom. The first kappa shape index (κ1) is 18.1. The molecule has 1 heterocycles. The van der Waals surface area contributed by atoms with Crippen LogP contribution >= 0.6 is 11.6 Å². The molecule has 1 atom stereocenters. The summed E-state index contributed by atoms with van der Waals surface area (Å²) in [6.45, 7) is 5.14. The van der Waals surface area contributed by atoms with E-state index in [2.05, 4.69) is 14.4 Å². The minimum absolute atomic E-state index is 0.00846. The van der Waals surface area contributed by atoms with Crippen molar-refractivity contribution in [2.24, 2.45) is 4.40 Å². The Kier molecular flexibility index (Phi) is 5.69. The Morgan fingerprint density at radius 1 is 1.41 bits per heavy atom. The second-order valence-corrected chi connectivity index (χ2v) is 7.24. The molecule has 1 unspecified atom stereocenters. The molecule has 0 saturated heterocycles. The third-order valence-corrected chi connectivity index (χ3v) is 3.77. The van der Waals surface area contributed by atoms with Gasteiger partial charge >= 0.3 is 12.2 Å². The molecule has 0 spiro atoms. The number of anilines is 1. The molecule has 0 aliphatic rings. The van der Waals surface area contributed by atoms with Gasteiger partial charge in [0.1, 0.15) is 28.0 Å². The third-order valence-electron chi connectivity index (χ3n) is 2.14. The van der Waals surface area contributed by atoms with E-state index in [0.29, 0.717) is 0 Å². The number of amides is 2. The Morgan fingerprint density at radius 2 is 1.95 bits per heavy atom. The minimum atomic E-state index is -1.77. The van der Waals surface area contributed by atoms with Crippen LogP contribution in [0.5, 0.6) is 0 Å². The van der Waals surface area contributed by atoms with E-state index in [1.165, 1.54) is 0 Å². The molecule has 11 heteroatoms. The predicted octanol–water partition coefficient (Wildman–Crippen LogP) is 2.17. The van der Waals surface area contributed by atoms with Crippen molar-refractivity contribution >= 4 is 47.3 Å². The van der Waals surface area contributed by atoms with Crippen molar-refractivity contribution in [3.8, 4) is 0 Å². The highest BCUT2D eigenvalue weighted by molar-refractivity contribution is 7.91. The molecule has 1 rings (SSSR count). The van der Waals surface area contributed by atoms with Gasteiger partial charge < -0.3 is 14.8 Å². The van der Waals surface area contributed by atoms with Crippen LogP contribution in [0.4, 0.5) is 15.5 Å². The normalized spacial score (nSPS) is 13.1. The summed E-state index contributed by atoms with van der Waals surface area (Å²) in [7, 11) is 0. The largest absolute Gasteiger partial charge is 0.591 e. The van der Waals surface area contributed by atoms with E-state index < -0.39 is 34.2 Å². The van der Waals surface area contributed by atoms with Gasteiger partial charge in [-0.05, 0) is 20.8 Å². The molecule has 120 valence electrons. The maximum Gasteiger partial charge on any atom is 0.424 e. The van der Waals surface area contributed by atoms with Crippen LogP contribution in [0.1, 0.15) is 26.5 Å². The lowest BCUT2D eigenvalue weighted by Crippen LogP contribution is -2.36. The number of carbonyl (C=O) groups is 2.